The third-order valence-electron chi connectivity index (χ3n) is 3.71. The second-order valence-electron chi connectivity index (χ2n) is 5.20. The maximum Gasteiger partial charge on any atom is 0.355 e. The fraction of sp³-hybridized carbons (Fsp3) is 0.211. The molecule has 0 aliphatic rings. The maximum atomic E-state index is 12.4. The number of hydrogen-bond acceptors (Lipinski definition) is 4. The van der Waals surface area contributed by atoms with Crippen LogP contribution < -0.4 is 4.74 Å². The first kappa shape index (κ1) is 15.9. The molecule has 0 amide bonds. The van der Waals surface area contributed by atoms with E-state index in [2.05, 4.69) is 0 Å². The summed E-state index contributed by atoms with van der Waals surface area (Å²) in [5, 5.41) is 0. The first-order valence-corrected chi connectivity index (χ1v) is 7.77. The van der Waals surface area contributed by atoms with Crippen molar-refractivity contribution in [2.24, 2.45) is 0 Å². The highest BCUT2D eigenvalue weighted by molar-refractivity contribution is 5.96. The van der Waals surface area contributed by atoms with Crippen LogP contribution >= 0.6 is 0 Å². The average molecular weight is 325 g/mol. The molecule has 3 rings (SSSR count). The summed E-state index contributed by atoms with van der Waals surface area (Å²) >= 11 is 0. The summed E-state index contributed by atoms with van der Waals surface area (Å²) in [5.74, 6) is 0.927. The van der Waals surface area contributed by atoms with Crippen LogP contribution in [0.1, 0.15) is 23.2 Å². The molecule has 0 aliphatic heterocycles. The van der Waals surface area contributed by atoms with E-state index < -0.39 is 5.97 Å². The average Bonchev–Trinajstić information content (AvgIpc) is 3.24. The Hall–Kier alpha value is -2.95. The quantitative estimate of drug-likeness (QED) is 0.643. The Morgan fingerprint density at radius 1 is 1.17 bits per heavy atom. The van der Waals surface area contributed by atoms with Crippen molar-refractivity contribution >= 4 is 5.97 Å². The number of ether oxygens (including phenoxy) is 2. The highest BCUT2D eigenvalue weighted by Crippen LogP contribution is 2.33. The molecule has 0 radical (unpaired) electrons. The number of rotatable bonds is 6. The molecule has 0 saturated heterocycles. The van der Waals surface area contributed by atoms with Gasteiger partial charge in [-0.3, -0.25) is 4.57 Å². The normalized spacial score (nSPS) is 10.6. The van der Waals surface area contributed by atoms with Crippen molar-refractivity contribution in [3.63, 3.8) is 0 Å². The Balaban J connectivity index is 2.16. The number of carbonyl (C=O) groups excluding carboxylic acids is 1. The minimum Gasteiger partial charge on any atom is -0.479 e. The predicted octanol–water partition coefficient (Wildman–Crippen LogP) is 3.98. The molecule has 1 aromatic carbocycles. The number of benzene rings is 1. The van der Waals surface area contributed by atoms with Gasteiger partial charge in [0.05, 0.1) is 26.5 Å². The molecule has 3 aromatic rings. The lowest BCUT2D eigenvalue weighted by Crippen LogP contribution is -2.13. The molecule has 0 saturated carbocycles. The SMILES string of the molecule is CCOc1cc(-c2ccccc2)c(C(=O)OC)n1Cc1ccco1. The number of methoxy groups -OCH3 is 1. The molecule has 2 aromatic heterocycles. The van der Waals surface area contributed by atoms with Gasteiger partial charge < -0.3 is 13.9 Å². The van der Waals surface area contributed by atoms with E-state index in [1.165, 1.54) is 7.11 Å². The molecule has 124 valence electrons. The molecule has 0 N–H and O–H groups in total. The first-order valence-electron chi connectivity index (χ1n) is 7.77. The molecule has 0 bridgehead atoms. The Morgan fingerprint density at radius 2 is 1.96 bits per heavy atom. The minimum absolute atomic E-state index is 0.388. The van der Waals surface area contributed by atoms with Crippen molar-refractivity contribution in [3.8, 4) is 17.0 Å². The number of aromatic nitrogens is 1. The zero-order chi connectivity index (χ0) is 16.9. The first-order chi connectivity index (χ1) is 11.7. The van der Waals surface area contributed by atoms with Crippen LogP contribution in [0.25, 0.3) is 11.1 Å². The van der Waals surface area contributed by atoms with Gasteiger partial charge >= 0.3 is 5.97 Å². The van der Waals surface area contributed by atoms with Crippen molar-refractivity contribution < 1.29 is 18.7 Å². The molecular weight excluding hydrogens is 306 g/mol. The Kier molecular flexibility index (Phi) is 4.70. The van der Waals surface area contributed by atoms with Gasteiger partial charge in [-0.2, -0.15) is 0 Å². The summed E-state index contributed by atoms with van der Waals surface area (Å²) in [7, 11) is 1.38. The molecule has 2 heterocycles. The van der Waals surface area contributed by atoms with Crippen LogP contribution in [0.15, 0.2) is 59.2 Å². The van der Waals surface area contributed by atoms with Crippen LogP contribution in [0, 0.1) is 0 Å². The van der Waals surface area contributed by atoms with E-state index in [1.54, 1.807) is 10.8 Å². The van der Waals surface area contributed by atoms with Gasteiger partial charge in [0.2, 0.25) is 0 Å². The smallest absolute Gasteiger partial charge is 0.355 e. The molecule has 5 nitrogen and oxygen atoms in total. The van der Waals surface area contributed by atoms with Gasteiger partial charge in [0.15, 0.2) is 5.88 Å². The second kappa shape index (κ2) is 7.08. The summed E-state index contributed by atoms with van der Waals surface area (Å²) in [5.41, 5.74) is 2.15. The van der Waals surface area contributed by atoms with E-state index in [-0.39, 0.29) is 0 Å². The number of esters is 1. The van der Waals surface area contributed by atoms with Crippen molar-refractivity contribution in [1.82, 2.24) is 4.57 Å². The zero-order valence-corrected chi connectivity index (χ0v) is 13.7. The van der Waals surface area contributed by atoms with Gasteiger partial charge in [0.25, 0.3) is 0 Å². The predicted molar refractivity (Wildman–Crippen MR) is 90.2 cm³/mol. The number of furan rings is 1. The lowest BCUT2D eigenvalue weighted by Gasteiger charge is -2.11. The van der Waals surface area contributed by atoms with Gasteiger partial charge in [-0.25, -0.2) is 4.79 Å². The van der Waals surface area contributed by atoms with Crippen molar-refractivity contribution in [2.75, 3.05) is 13.7 Å². The topological polar surface area (TPSA) is 53.6 Å². The van der Waals surface area contributed by atoms with E-state index >= 15 is 0 Å². The zero-order valence-electron chi connectivity index (χ0n) is 13.7. The lowest BCUT2D eigenvalue weighted by molar-refractivity contribution is 0.0588. The van der Waals surface area contributed by atoms with Gasteiger partial charge in [-0.15, -0.1) is 0 Å². The maximum absolute atomic E-state index is 12.4. The van der Waals surface area contributed by atoms with E-state index in [0.29, 0.717) is 24.7 Å². The summed E-state index contributed by atoms with van der Waals surface area (Å²) in [4.78, 5) is 12.4. The third kappa shape index (κ3) is 3.06. The summed E-state index contributed by atoms with van der Waals surface area (Å²) in [6.45, 7) is 2.79. The molecule has 0 atom stereocenters. The number of hydrogen-bond donors (Lipinski definition) is 0. The summed E-state index contributed by atoms with van der Waals surface area (Å²) < 4.78 is 18.0. The Morgan fingerprint density at radius 3 is 2.58 bits per heavy atom. The summed E-state index contributed by atoms with van der Waals surface area (Å²) in [6.07, 6.45) is 1.61. The van der Waals surface area contributed by atoms with Crippen LogP contribution in [0.2, 0.25) is 0 Å². The standard InChI is InChI=1S/C19H19NO4/c1-3-23-17-12-16(14-8-5-4-6-9-14)18(19(21)22-2)20(17)13-15-10-7-11-24-15/h4-12H,3,13H2,1-2H3. The van der Waals surface area contributed by atoms with E-state index in [9.17, 15) is 4.79 Å². The van der Waals surface area contributed by atoms with Crippen LogP contribution in [0.5, 0.6) is 5.88 Å². The summed E-state index contributed by atoms with van der Waals surface area (Å²) in [6, 6.07) is 15.2. The van der Waals surface area contributed by atoms with Crippen molar-refractivity contribution in [1.29, 1.82) is 0 Å². The van der Waals surface area contributed by atoms with Gasteiger partial charge in [0, 0.05) is 11.6 Å². The molecule has 5 heteroatoms. The van der Waals surface area contributed by atoms with Crippen LogP contribution in [0.3, 0.4) is 0 Å². The highest BCUT2D eigenvalue weighted by Gasteiger charge is 2.24. The number of nitrogens with zero attached hydrogens (tertiary/aromatic N) is 1. The van der Waals surface area contributed by atoms with Gasteiger partial charge in [-0.1, -0.05) is 30.3 Å². The van der Waals surface area contributed by atoms with E-state index in [1.807, 2.05) is 55.5 Å². The monoisotopic (exact) mass is 325 g/mol. The van der Waals surface area contributed by atoms with Crippen LogP contribution in [0.4, 0.5) is 0 Å². The van der Waals surface area contributed by atoms with Gasteiger partial charge in [-0.05, 0) is 24.6 Å². The Labute approximate surface area is 140 Å². The van der Waals surface area contributed by atoms with Crippen LogP contribution in [-0.2, 0) is 11.3 Å². The molecule has 0 fully saturated rings. The minimum atomic E-state index is -0.411. The van der Waals surface area contributed by atoms with E-state index in [0.717, 1.165) is 16.9 Å². The number of carbonyl (C=O) groups is 1. The van der Waals surface area contributed by atoms with Crippen molar-refractivity contribution in [2.45, 2.75) is 13.5 Å². The fourth-order valence-electron chi connectivity index (χ4n) is 2.66. The van der Waals surface area contributed by atoms with Crippen molar-refractivity contribution in [3.05, 3.63) is 66.2 Å². The second-order valence-corrected chi connectivity index (χ2v) is 5.20. The molecule has 24 heavy (non-hydrogen) atoms. The largest absolute Gasteiger partial charge is 0.479 e. The molecule has 0 unspecified atom stereocenters. The Bertz CT molecular complexity index is 804. The van der Waals surface area contributed by atoms with Gasteiger partial charge in [0.1, 0.15) is 11.5 Å². The van der Waals surface area contributed by atoms with E-state index in [4.69, 9.17) is 13.9 Å². The fourth-order valence-corrected chi connectivity index (χ4v) is 2.66. The molecular formula is C19H19NO4. The molecule has 0 spiro atoms. The molecule has 0 aliphatic carbocycles. The highest BCUT2D eigenvalue weighted by atomic mass is 16.5. The third-order valence-corrected chi connectivity index (χ3v) is 3.71. The van der Waals surface area contributed by atoms with Crippen LogP contribution in [-0.4, -0.2) is 24.3 Å². The lowest BCUT2D eigenvalue weighted by atomic mass is 10.1.